The average Bonchev–Trinajstić information content (AvgIpc) is 3.11. The topological polar surface area (TPSA) is 32.3 Å². The van der Waals surface area contributed by atoms with Crippen LogP contribution in [0, 0.1) is 5.82 Å². The Morgan fingerprint density at radius 2 is 1.79 bits per heavy atom. The van der Waals surface area contributed by atoms with Crippen molar-refractivity contribution >= 4 is 17.5 Å². The predicted octanol–water partition coefficient (Wildman–Crippen LogP) is 4.05. The lowest BCUT2D eigenvalue weighted by Crippen LogP contribution is -2.37. The fourth-order valence-electron chi connectivity index (χ4n) is 3.16. The minimum absolute atomic E-state index is 0.00285. The van der Waals surface area contributed by atoms with E-state index in [1.165, 1.54) is 12.1 Å². The maximum absolute atomic E-state index is 13.8. The highest BCUT2D eigenvalue weighted by Gasteiger charge is 2.25. The molecule has 0 aliphatic carbocycles. The van der Waals surface area contributed by atoms with E-state index in [-0.39, 0.29) is 11.6 Å². The minimum Gasteiger partial charge on any atom is -0.350 e. The van der Waals surface area contributed by atoms with Gasteiger partial charge in [-0.1, -0.05) is 41.9 Å². The van der Waals surface area contributed by atoms with Gasteiger partial charge in [0, 0.05) is 11.6 Å². The number of halogens is 2. The van der Waals surface area contributed by atoms with Gasteiger partial charge in [-0.2, -0.15) is 0 Å². The zero-order valence-electron chi connectivity index (χ0n) is 13.3. The van der Waals surface area contributed by atoms with Crippen LogP contribution in [0.4, 0.5) is 4.39 Å². The van der Waals surface area contributed by atoms with E-state index in [0.29, 0.717) is 11.6 Å². The van der Waals surface area contributed by atoms with E-state index >= 15 is 0 Å². The first-order valence-electron chi connectivity index (χ1n) is 8.18. The van der Waals surface area contributed by atoms with Crippen molar-refractivity contribution in [3.8, 4) is 0 Å². The number of rotatable bonds is 5. The van der Waals surface area contributed by atoms with Crippen molar-refractivity contribution in [3.05, 3.63) is 70.5 Å². The van der Waals surface area contributed by atoms with Gasteiger partial charge >= 0.3 is 0 Å². The first kappa shape index (κ1) is 16.9. The summed E-state index contributed by atoms with van der Waals surface area (Å²) in [6.07, 6.45) is 2.28. The summed E-state index contributed by atoms with van der Waals surface area (Å²) in [6, 6.07) is 13.7. The predicted molar refractivity (Wildman–Crippen MR) is 93.7 cm³/mol. The molecule has 0 bridgehead atoms. The number of amides is 1. The third-order valence-electron chi connectivity index (χ3n) is 4.42. The molecule has 3 rings (SSSR count). The van der Waals surface area contributed by atoms with Gasteiger partial charge in [0.2, 0.25) is 0 Å². The number of hydrogen-bond donors (Lipinski definition) is 1. The molecule has 24 heavy (non-hydrogen) atoms. The summed E-state index contributed by atoms with van der Waals surface area (Å²) in [5.74, 6) is -0.908. The summed E-state index contributed by atoms with van der Waals surface area (Å²) >= 11 is 6.36. The van der Waals surface area contributed by atoms with Gasteiger partial charge in [-0.3, -0.25) is 9.69 Å². The summed E-state index contributed by atoms with van der Waals surface area (Å²) in [4.78, 5) is 14.6. The van der Waals surface area contributed by atoms with Crippen LogP contribution in [0.2, 0.25) is 5.02 Å². The van der Waals surface area contributed by atoms with E-state index in [4.69, 9.17) is 11.6 Å². The summed E-state index contributed by atoms with van der Waals surface area (Å²) in [6.45, 7) is 2.35. The van der Waals surface area contributed by atoms with E-state index in [1.54, 1.807) is 12.1 Å². The summed E-state index contributed by atoms with van der Waals surface area (Å²) in [5, 5.41) is 3.55. The fraction of sp³-hybridized carbons (Fsp3) is 0.316. The molecule has 1 saturated heterocycles. The van der Waals surface area contributed by atoms with Crippen LogP contribution in [0.25, 0.3) is 0 Å². The molecular formula is C19H20ClFN2O. The van der Waals surface area contributed by atoms with Gasteiger partial charge in [-0.15, -0.1) is 0 Å². The van der Waals surface area contributed by atoms with E-state index in [1.807, 2.05) is 24.3 Å². The number of nitrogens with zero attached hydrogens (tertiary/aromatic N) is 1. The second kappa shape index (κ2) is 7.77. The van der Waals surface area contributed by atoms with Crippen molar-refractivity contribution < 1.29 is 9.18 Å². The lowest BCUT2D eigenvalue weighted by molar-refractivity contribution is 0.0934. The van der Waals surface area contributed by atoms with Gasteiger partial charge in [0.1, 0.15) is 5.82 Å². The van der Waals surface area contributed by atoms with E-state index in [9.17, 15) is 9.18 Å². The highest BCUT2D eigenvalue weighted by molar-refractivity contribution is 6.31. The molecule has 126 valence electrons. The molecule has 0 saturated carbocycles. The number of carbonyl (C=O) groups excluding carboxylic acids is 1. The number of carbonyl (C=O) groups is 1. The number of hydrogen-bond acceptors (Lipinski definition) is 2. The Morgan fingerprint density at radius 1 is 1.12 bits per heavy atom. The summed E-state index contributed by atoms with van der Waals surface area (Å²) in [7, 11) is 0. The Hall–Kier alpha value is -1.91. The molecule has 5 heteroatoms. The van der Waals surface area contributed by atoms with Crippen LogP contribution < -0.4 is 5.32 Å². The van der Waals surface area contributed by atoms with Crippen LogP contribution in [-0.2, 0) is 0 Å². The second-order valence-electron chi connectivity index (χ2n) is 5.97. The maximum atomic E-state index is 13.8. The smallest absolute Gasteiger partial charge is 0.254 e. The van der Waals surface area contributed by atoms with Crippen LogP contribution in [-0.4, -0.2) is 30.4 Å². The molecule has 0 radical (unpaired) electrons. The number of nitrogens with one attached hydrogen (secondary N) is 1. The van der Waals surface area contributed by atoms with Gasteiger partial charge in [-0.05, 0) is 49.7 Å². The lowest BCUT2D eigenvalue weighted by Gasteiger charge is -2.29. The quantitative estimate of drug-likeness (QED) is 0.886. The maximum Gasteiger partial charge on any atom is 0.254 e. The highest BCUT2D eigenvalue weighted by Crippen LogP contribution is 2.29. The summed E-state index contributed by atoms with van der Waals surface area (Å²) in [5.41, 5.74) is 1.06. The van der Waals surface area contributed by atoms with Gasteiger partial charge in [-0.25, -0.2) is 4.39 Å². The molecule has 0 aromatic heterocycles. The second-order valence-corrected chi connectivity index (χ2v) is 6.38. The Kier molecular flexibility index (Phi) is 5.48. The third kappa shape index (κ3) is 3.77. The van der Waals surface area contributed by atoms with E-state index < -0.39 is 11.7 Å². The molecule has 2 aromatic rings. The molecule has 3 nitrogen and oxygen atoms in total. The monoisotopic (exact) mass is 346 g/mol. The first-order valence-corrected chi connectivity index (χ1v) is 8.56. The van der Waals surface area contributed by atoms with Crippen LogP contribution in [0.3, 0.4) is 0 Å². The molecule has 0 spiro atoms. The van der Waals surface area contributed by atoms with Crippen molar-refractivity contribution in [2.24, 2.45) is 0 Å². The van der Waals surface area contributed by atoms with Crippen LogP contribution in [0.15, 0.2) is 48.5 Å². The van der Waals surface area contributed by atoms with Crippen molar-refractivity contribution in [1.29, 1.82) is 0 Å². The van der Waals surface area contributed by atoms with Crippen molar-refractivity contribution in [2.75, 3.05) is 19.6 Å². The molecule has 1 amide bonds. The summed E-state index contributed by atoms with van der Waals surface area (Å²) < 4.78 is 13.8. The lowest BCUT2D eigenvalue weighted by atomic mass is 10.0. The van der Waals surface area contributed by atoms with Gasteiger partial charge in [0.05, 0.1) is 11.6 Å². The van der Waals surface area contributed by atoms with Crippen LogP contribution in [0.1, 0.15) is 34.8 Å². The minimum atomic E-state index is -0.509. The average molecular weight is 347 g/mol. The Balaban J connectivity index is 1.76. The molecule has 1 atom stereocenters. The zero-order chi connectivity index (χ0) is 16.9. The highest BCUT2D eigenvalue weighted by atomic mass is 35.5. The molecule has 1 N–H and O–H groups in total. The standard InChI is InChI=1S/C19H20ClFN2O/c20-16-9-3-1-7-14(16)18(23-11-5-6-12-23)13-22-19(24)15-8-2-4-10-17(15)21/h1-4,7-10,18H,5-6,11-13H2,(H,22,24)/t18-/m0/s1. The number of benzene rings is 2. The fourth-order valence-corrected chi connectivity index (χ4v) is 3.43. The third-order valence-corrected chi connectivity index (χ3v) is 4.76. The van der Waals surface area contributed by atoms with Crippen LogP contribution in [0.5, 0.6) is 0 Å². The Labute approximate surface area is 146 Å². The Bertz CT molecular complexity index is 716. The van der Waals surface area contributed by atoms with Gasteiger partial charge in [0.15, 0.2) is 0 Å². The largest absolute Gasteiger partial charge is 0.350 e. The van der Waals surface area contributed by atoms with Gasteiger partial charge < -0.3 is 5.32 Å². The van der Waals surface area contributed by atoms with Crippen molar-refractivity contribution in [2.45, 2.75) is 18.9 Å². The number of likely N-dealkylation sites (tertiary alicyclic amines) is 1. The van der Waals surface area contributed by atoms with Crippen molar-refractivity contribution in [1.82, 2.24) is 10.2 Å². The SMILES string of the molecule is O=C(NC[C@@H](c1ccccc1Cl)N1CCCC1)c1ccccc1F. The molecule has 1 aliphatic heterocycles. The van der Waals surface area contributed by atoms with Gasteiger partial charge in [0.25, 0.3) is 5.91 Å². The molecule has 1 heterocycles. The molecule has 1 aliphatic rings. The zero-order valence-corrected chi connectivity index (χ0v) is 14.1. The molecular weight excluding hydrogens is 327 g/mol. The molecule has 1 fully saturated rings. The first-order chi connectivity index (χ1) is 11.7. The van der Waals surface area contributed by atoms with E-state index in [0.717, 1.165) is 31.5 Å². The normalized spacial score (nSPS) is 16.1. The van der Waals surface area contributed by atoms with Crippen LogP contribution >= 0.6 is 11.6 Å². The van der Waals surface area contributed by atoms with E-state index in [2.05, 4.69) is 10.2 Å². The molecule has 2 aromatic carbocycles. The molecule has 0 unspecified atom stereocenters. The Morgan fingerprint density at radius 3 is 2.50 bits per heavy atom. The van der Waals surface area contributed by atoms with Crippen molar-refractivity contribution in [3.63, 3.8) is 0 Å².